The van der Waals surface area contributed by atoms with Gasteiger partial charge in [-0.1, -0.05) is 6.07 Å². The first-order valence-electron chi connectivity index (χ1n) is 8.30. The van der Waals surface area contributed by atoms with Gasteiger partial charge in [0.05, 0.1) is 18.7 Å². The van der Waals surface area contributed by atoms with E-state index in [-0.39, 0.29) is 12.3 Å². The fourth-order valence-corrected chi connectivity index (χ4v) is 3.06. The molecule has 0 fully saturated rings. The standard InChI is InChI=1S/C19H20N4O2S/c1-3-25-16-9-7-14(8-10-16)21-18(24)11-15-12-26-19(22-15)23-17-6-4-5-13(2)20-17/h4-10,12H,3,11H2,1-2H3,(H,21,24)(H,20,22,23). The second-order valence-corrected chi connectivity index (χ2v) is 6.47. The van der Waals surface area contributed by atoms with Crippen molar-refractivity contribution >= 4 is 33.9 Å². The molecule has 2 heterocycles. The fourth-order valence-electron chi connectivity index (χ4n) is 2.34. The van der Waals surface area contributed by atoms with Gasteiger partial charge < -0.3 is 15.4 Å². The van der Waals surface area contributed by atoms with Crippen molar-refractivity contribution in [1.82, 2.24) is 9.97 Å². The van der Waals surface area contributed by atoms with Crippen LogP contribution in [0.4, 0.5) is 16.6 Å². The summed E-state index contributed by atoms with van der Waals surface area (Å²) in [6.45, 7) is 4.48. The van der Waals surface area contributed by atoms with Gasteiger partial charge in [0, 0.05) is 16.8 Å². The van der Waals surface area contributed by atoms with Crippen LogP contribution in [0.15, 0.2) is 47.8 Å². The number of amides is 1. The zero-order valence-electron chi connectivity index (χ0n) is 14.7. The first kappa shape index (κ1) is 17.9. The molecule has 26 heavy (non-hydrogen) atoms. The SMILES string of the molecule is CCOc1ccc(NC(=O)Cc2csc(Nc3cccc(C)n3)n2)cc1. The second kappa shape index (κ2) is 8.44. The third kappa shape index (κ3) is 5.03. The number of aryl methyl sites for hydroxylation is 1. The lowest BCUT2D eigenvalue weighted by molar-refractivity contribution is -0.115. The summed E-state index contributed by atoms with van der Waals surface area (Å²) in [7, 11) is 0. The highest BCUT2D eigenvalue weighted by molar-refractivity contribution is 7.13. The van der Waals surface area contributed by atoms with E-state index >= 15 is 0 Å². The van der Waals surface area contributed by atoms with Crippen LogP contribution >= 0.6 is 11.3 Å². The molecule has 0 saturated carbocycles. The molecule has 0 aliphatic heterocycles. The van der Waals surface area contributed by atoms with Crippen molar-refractivity contribution in [3.8, 4) is 5.75 Å². The third-order valence-corrected chi connectivity index (χ3v) is 4.27. The lowest BCUT2D eigenvalue weighted by Gasteiger charge is -2.06. The molecule has 0 spiro atoms. The Bertz CT molecular complexity index is 877. The number of hydrogen-bond donors (Lipinski definition) is 2. The summed E-state index contributed by atoms with van der Waals surface area (Å²) in [6, 6.07) is 13.1. The Kier molecular flexibility index (Phi) is 5.80. The monoisotopic (exact) mass is 368 g/mol. The Morgan fingerprint density at radius 3 is 2.69 bits per heavy atom. The van der Waals surface area contributed by atoms with Crippen LogP contribution in [0.2, 0.25) is 0 Å². The van der Waals surface area contributed by atoms with Crippen LogP contribution in [-0.4, -0.2) is 22.5 Å². The lowest BCUT2D eigenvalue weighted by Crippen LogP contribution is -2.14. The highest BCUT2D eigenvalue weighted by atomic mass is 32.1. The number of benzene rings is 1. The Hall–Kier alpha value is -2.93. The smallest absolute Gasteiger partial charge is 0.230 e. The minimum absolute atomic E-state index is 0.111. The summed E-state index contributed by atoms with van der Waals surface area (Å²) in [5.74, 6) is 1.41. The van der Waals surface area contributed by atoms with E-state index in [4.69, 9.17) is 4.74 Å². The van der Waals surface area contributed by atoms with Gasteiger partial charge in [-0.25, -0.2) is 9.97 Å². The molecule has 3 aromatic rings. The quantitative estimate of drug-likeness (QED) is 0.654. The highest BCUT2D eigenvalue weighted by Crippen LogP contribution is 2.21. The van der Waals surface area contributed by atoms with Gasteiger partial charge in [-0.2, -0.15) is 0 Å². The summed E-state index contributed by atoms with van der Waals surface area (Å²) in [4.78, 5) is 21.0. The Morgan fingerprint density at radius 1 is 1.15 bits per heavy atom. The minimum atomic E-state index is -0.111. The van der Waals surface area contributed by atoms with Crippen LogP contribution in [0.1, 0.15) is 18.3 Å². The molecule has 7 heteroatoms. The van der Waals surface area contributed by atoms with Crippen molar-refractivity contribution < 1.29 is 9.53 Å². The van der Waals surface area contributed by atoms with Gasteiger partial charge in [0.1, 0.15) is 11.6 Å². The third-order valence-electron chi connectivity index (χ3n) is 3.47. The molecule has 3 rings (SSSR count). The van der Waals surface area contributed by atoms with E-state index < -0.39 is 0 Å². The van der Waals surface area contributed by atoms with E-state index in [1.165, 1.54) is 11.3 Å². The van der Waals surface area contributed by atoms with Crippen LogP contribution in [0.25, 0.3) is 0 Å². The maximum atomic E-state index is 12.2. The topological polar surface area (TPSA) is 76.1 Å². The summed E-state index contributed by atoms with van der Waals surface area (Å²) >= 11 is 1.45. The average Bonchev–Trinajstić information content (AvgIpc) is 3.03. The van der Waals surface area contributed by atoms with E-state index in [1.54, 1.807) is 0 Å². The first-order chi connectivity index (χ1) is 12.6. The molecule has 0 aliphatic carbocycles. The Balaban J connectivity index is 1.55. The van der Waals surface area contributed by atoms with Gasteiger partial charge in [0.25, 0.3) is 0 Å². The number of anilines is 3. The van der Waals surface area contributed by atoms with Crippen LogP contribution in [0, 0.1) is 6.92 Å². The molecule has 2 aromatic heterocycles. The maximum absolute atomic E-state index is 12.2. The molecule has 1 amide bonds. The Labute approximate surface area is 156 Å². The number of thiazole rings is 1. The van der Waals surface area contributed by atoms with Crippen LogP contribution in [-0.2, 0) is 11.2 Å². The predicted octanol–water partition coefficient (Wildman–Crippen LogP) is 4.17. The minimum Gasteiger partial charge on any atom is -0.494 e. The van der Waals surface area contributed by atoms with Gasteiger partial charge >= 0.3 is 0 Å². The predicted molar refractivity (Wildman–Crippen MR) is 104 cm³/mol. The summed E-state index contributed by atoms with van der Waals surface area (Å²) in [5.41, 5.74) is 2.38. The number of ether oxygens (including phenoxy) is 1. The summed E-state index contributed by atoms with van der Waals surface area (Å²) in [6.07, 6.45) is 0.215. The summed E-state index contributed by atoms with van der Waals surface area (Å²) in [5, 5.41) is 8.61. The largest absolute Gasteiger partial charge is 0.494 e. The van der Waals surface area contributed by atoms with Crippen LogP contribution in [0.5, 0.6) is 5.75 Å². The number of nitrogens with one attached hydrogen (secondary N) is 2. The van der Waals surface area contributed by atoms with E-state index in [1.807, 2.05) is 61.7 Å². The lowest BCUT2D eigenvalue weighted by atomic mass is 10.2. The second-order valence-electron chi connectivity index (χ2n) is 5.62. The molecular weight excluding hydrogens is 348 g/mol. The van der Waals surface area contributed by atoms with Crippen molar-refractivity contribution in [3.63, 3.8) is 0 Å². The number of rotatable bonds is 7. The number of aromatic nitrogens is 2. The van der Waals surface area contributed by atoms with Gasteiger partial charge in [-0.05, 0) is 50.2 Å². The number of carbonyl (C=O) groups excluding carboxylic acids is 1. The molecule has 134 valence electrons. The van der Waals surface area contributed by atoms with Gasteiger partial charge in [0.15, 0.2) is 5.13 Å². The number of pyridine rings is 1. The zero-order chi connectivity index (χ0) is 18.4. The summed E-state index contributed by atoms with van der Waals surface area (Å²) < 4.78 is 5.39. The van der Waals surface area contributed by atoms with E-state index in [2.05, 4.69) is 20.6 Å². The normalized spacial score (nSPS) is 10.4. The first-order valence-corrected chi connectivity index (χ1v) is 9.18. The fraction of sp³-hybridized carbons (Fsp3) is 0.211. The maximum Gasteiger partial charge on any atom is 0.230 e. The molecule has 6 nitrogen and oxygen atoms in total. The van der Waals surface area contributed by atoms with E-state index in [9.17, 15) is 4.79 Å². The number of carbonyl (C=O) groups is 1. The molecule has 0 unspecified atom stereocenters. The van der Waals surface area contributed by atoms with Gasteiger partial charge in [0.2, 0.25) is 5.91 Å². The average molecular weight is 368 g/mol. The molecule has 0 atom stereocenters. The molecule has 0 saturated heterocycles. The molecule has 0 radical (unpaired) electrons. The van der Waals surface area contributed by atoms with Crippen LogP contribution < -0.4 is 15.4 Å². The molecule has 1 aromatic carbocycles. The number of hydrogen-bond acceptors (Lipinski definition) is 6. The Morgan fingerprint density at radius 2 is 1.96 bits per heavy atom. The van der Waals surface area contributed by atoms with Crippen molar-refractivity contribution in [2.75, 3.05) is 17.2 Å². The van der Waals surface area contributed by atoms with Crippen molar-refractivity contribution in [3.05, 3.63) is 59.2 Å². The molecular formula is C19H20N4O2S. The molecule has 2 N–H and O–H groups in total. The molecule has 0 bridgehead atoms. The highest BCUT2D eigenvalue weighted by Gasteiger charge is 2.09. The van der Waals surface area contributed by atoms with E-state index in [0.717, 1.165) is 22.9 Å². The van der Waals surface area contributed by atoms with Crippen molar-refractivity contribution in [2.24, 2.45) is 0 Å². The van der Waals surface area contributed by atoms with Gasteiger partial charge in [-0.15, -0.1) is 11.3 Å². The van der Waals surface area contributed by atoms with Crippen LogP contribution in [0.3, 0.4) is 0 Å². The molecule has 0 aliphatic rings. The van der Waals surface area contributed by atoms with E-state index in [0.29, 0.717) is 17.4 Å². The zero-order valence-corrected chi connectivity index (χ0v) is 15.5. The van der Waals surface area contributed by atoms with Gasteiger partial charge in [-0.3, -0.25) is 4.79 Å². The van der Waals surface area contributed by atoms with Crippen molar-refractivity contribution in [1.29, 1.82) is 0 Å². The van der Waals surface area contributed by atoms with Crippen molar-refractivity contribution in [2.45, 2.75) is 20.3 Å². The number of nitrogens with zero attached hydrogens (tertiary/aromatic N) is 2.